The Balaban J connectivity index is 2.71. The molecule has 3 rings (SSSR count). The van der Waals surface area contributed by atoms with E-state index in [-0.39, 0.29) is 0 Å². The summed E-state index contributed by atoms with van der Waals surface area (Å²) in [4.78, 5) is 0. The second-order valence-corrected chi connectivity index (χ2v) is 6.05. The second kappa shape index (κ2) is 5.53. The minimum absolute atomic E-state index is 0.645. The quantitative estimate of drug-likeness (QED) is 0.540. The zero-order valence-electron chi connectivity index (χ0n) is 12.9. The van der Waals surface area contributed by atoms with Gasteiger partial charge in [0.15, 0.2) is 0 Å². The number of benzene rings is 3. The topological polar surface area (TPSA) is 18.5 Å². The Hall–Kier alpha value is -1.64. The molecule has 0 unspecified atom stereocenters. The highest BCUT2D eigenvalue weighted by Gasteiger charge is 2.20. The lowest BCUT2D eigenvalue weighted by molar-refractivity contribution is 0.410. The molecule has 0 radical (unpaired) electrons. The number of fused-ring (bicyclic) bond motifs is 2. The first-order valence-electron chi connectivity index (χ1n) is 6.92. The van der Waals surface area contributed by atoms with Gasteiger partial charge in [0.25, 0.3) is 0 Å². The first-order chi connectivity index (χ1) is 10.5. The van der Waals surface area contributed by atoms with Crippen molar-refractivity contribution in [3.63, 3.8) is 0 Å². The van der Waals surface area contributed by atoms with Crippen molar-refractivity contribution in [2.45, 2.75) is 13.8 Å². The standard InChI is InChI=1S/C18H16Cl2O2/c1-9-5-6-10(2)14-13(9)17(19)15-11(21-3)7-8-12(22-4)16(15)18(14)20/h5-8H,1-4H3. The smallest absolute Gasteiger partial charge is 0.128 e. The largest absolute Gasteiger partial charge is 0.496 e. The summed E-state index contributed by atoms with van der Waals surface area (Å²) in [6.45, 7) is 4.06. The van der Waals surface area contributed by atoms with Crippen molar-refractivity contribution < 1.29 is 9.47 Å². The number of aryl methyl sites for hydroxylation is 2. The van der Waals surface area contributed by atoms with Crippen LogP contribution in [0.2, 0.25) is 10.0 Å². The minimum Gasteiger partial charge on any atom is -0.496 e. The van der Waals surface area contributed by atoms with Gasteiger partial charge in [0.05, 0.1) is 24.3 Å². The number of hydrogen-bond donors (Lipinski definition) is 0. The van der Waals surface area contributed by atoms with E-state index in [2.05, 4.69) is 12.1 Å². The lowest BCUT2D eigenvalue weighted by Gasteiger charge is -2.17. The maximum absolute atomic E-state index is 6.74. The van der Waals surface area contributed by atoms with E-state index in [1.165, 1.54) is 0 Å². The Morgan fingerprint density at radius 1 is 0.636 bits per heavy atom. The molecule has 0 heterocycles. The van der Waals surface area contributed by atoms with Crippen molar-refractivity contribution in [3.8, 4) is 11.5 Å². The molecule has 0 saturated heterocycles. The van der Waals surface area contributed by atoms with E-state index in [0.29, 0.717) is 21.5 Å². The molecule has 0 fully saturated rings. The predicted octanol–water partition coefficient (Wildman–Crippen LogP) is 5.93. The molecule has 0 aliphatic carbocycles. The molecule has 0 atom stereocenters. The van der Waals surface area contributed by atoms with Crippen molar-refractivity contribution in [3.05, 3.63) is 45.4 Å². The van der Waals surface area contributed by atoms with E-state index < -0.39 is 0 Å². The molecule has 0 bridgehead atoms. The molecule has 3 aromatic carbocycles. The van der Waals surface area contributed by atoms with Crippen LogP contribution in [0.5, 0.6) is 11.5 Å². The second-order valence-electron chi connectivity index (χ2n) is 5.30. The summed E-state index contributed by atoms with van der Waals surface area (Å²) in [5, 5.41) is 4.79. The number of halogens is 2. The van der Waals surface area contributed by atoms with E-state index in [1.807, 2.05) is 26.0 Å². The van der Waals surface area contributed by atoms with Crippen molar-refractivity contribution in [2.24, 2.45) is 0 Å². The van der Waals surface area contributed by atoms with Crippen LogP contribution < -0.4 is 9.47 Å². The average molecular weight is 335 g/mol. The van der Waals surface area contributed by atoms with E-state index in [1.54, 1.807) is 14.2 Å². The number of rotatable bonds is 2. The molecule has 114 valence electrons. The maximum atomic E-state index is 6.74. The number of ether oxygens (including phenoxy) is 2. The molecule has 0 aliphatic rings. The predicted molar refractivity (Wildman–Crippen MR) is 94.1 cm³/mol. The molecular formula is C18H16Cl2O2. The Bertz CT molecular complexity index is 827. The summed E-state index contributed by atoms with van der Waals surface area (Å²) in [7, 11) is 3.25. The number of hydrogen-bond acceptors (Lipinski definition) is 2. The van der Waals surface area contributed by atoms with Crippen LogP contribution in [0.1, 0.15) is 11.1 Å². The van der Waals surface area contributed by atoms with Gasteiger partial charge in [-0.2, -0.15) is 0 Å². The van der Waals surface area contributed by atoms with Crippen LogP contribution >= 0.6 is 23.2 Å². The van der Waals surface area contributed by atoms with Crippen LogP contribution in [0, 0.1) is 13.8 Å². The normalized spacial score (nSPS) is 11.2. The molecule has 0 spiro atoms. The first-order valence-corrected chi connectivity index (χ1v) is 7.68. The van der Waals surface area contributed by atoms with E-state index >= 15 is 0 Å². The molecular weight excluding hydrogens is 319 g/mol. The Morgan fingerprint density at radius 3 is 1.32 bits per heavy atom. The fraction of sp³-hybridized carbons (Fsp3) is 0.222. The zero-order chi connectivity index (χ0) is 16.0. The summed E-state index contributed by atoms with van der Waals surface area (Å²) in [6.07, 6.45) is 0. The van der Waals surface area contributed by atoms with Gasteiger partial charge >= 0.3 is 0 Å². The SMILES string of the molecule is COc1ccc(OC)c2c(Cl)c3c(C)ccc(C)c3c(Cl)c12. The fourth-order valence-corrected chi connectivity index (χ4v) is 3.83. The molecule has 22 heavy (non-hydrogen) atoms. The highest BCUT2D eigenvalue weighted by atomic mass is 35.5. The van der Waals surface area contributed by atoms with Gasteiger partial charge in [0, 0.05) is 21.5 Å². The molecule has 0 N–H and O–H groups in total. The summed E-state index contributed by atoms with van der Waals surface area (Å²) in [6, 6.07) is 7.80. The summed E-state index contributed by atoms with van der Waals surface area (Å²) in [5.74, 6) is 1.37. The van der Waals surface area contributed by atoms with E-state index in [0.717, 1.165) is 32.7 Å². The highest BCUT2D eigenvalue weighted by molar-refractivity contribution is 6.48. The lowest BCUT2D eigenvalue weighted by Crippen LogP contribution is -1.94. The van der Waals surface area contributed by atoms with Gasteiger partial charge in [-0.15, -0.1) is 0 Å². The molecule has 2 nitrogen and oxygen atoms in total. The maximum Gasteiger partial charge on any atom is 0.128 e. The molecule has 0 amide bonds. The van der Waals surface area contributed by atoms with Crippen LogP contribution in [0.15, 0.2) is 24.3 Å². The first kappa shape index (κ1) is 15.3. The Kier molecular flexibility index (Phi) is 3.84. The summed E-state index contributed by atoms with van der Waals surface area (Å²) < 4.78 is 11.0. The third kappa shape index (κ3) is 2.02. The van der Waals surface area contributed by atoms with Gasteiger partial charge in [0.2, 0.25) is 0 Å². The lowest BCUT2D eigenvalue weighted by atomic mass is 9.96. The zero-order valence-corrected chi connectivity index (χ0v) is 14.4. The molecule has 3 aromatic rings. The van der Waals surface area contributed by atoms with E-state index in [4.69, 9.17) is 32.7 Å². The van der Waals surface area contributed by atoms with Crippen molar-refractivity contribution in [2.75, 3.05) is 14.2 Å². The van der Waals surface area contributed by atoms with Crippen molar-refractivity contribution >= 4 is 44.7 Å². The van der Waals surface area contributed by atoms with E-state index in [9.17, 15) is 0 Å². The molecule has 0 aromatic heterocycles. The molecule has 0 saturated carbocycles. The Labute approximate surface area is 139 Å². The minimum atomic E-state index is 0.645. The highest BCUT2D eigenvalue weighted by Crippen LogP contribution is 2.48. The third-order valence-electron chi connectivity index (χ3n) is 4.07. The van der Waals surface area contributed by atoms with Gasteiger partial charge in [-0.05, 0) is 37.1 Å². The third-order valence-corrected chi connectivity index (χ3v) is 4.82. The van der Waals surface area contributed by atoms with Crippen LogP contribution in [-0.4, -0.2) is 14.2 Å². The van der Waals surface area contributed by atoms with Crippen molar-refractivity contribution in [1.82, 2.24) is 0 Å². The van der Waals surface area contributed by atoms with Crippen LogP contribution in [0.4, 0.5) is 0 Å². The van der Waals surface area contributed by atoms with Gasteiger partial charge < -0.3 is 9.47 Å². The fourth-order valence-electron chi connectivity index (χ4n) is 2.97. The van der Waals surface area contributed by atoms with Crippen molar-refractivity contribution in [1.29, 1.82) is 0 Å². The van der Waals surface area contributed by atoms with Gasteiger partial charge in [-0.3, -0.25) is 0 Å². The van der Waals surface area contributed by atoms with Gasteiger partial charge in [-0.25, -0.2) is 0 Å². The van der Waals surface area contributed by atoms with Gasteiger partial charge in [-0.1, -0.05) is 35.3 Å². The average Bonchev–Trinajstić information content (AvgIpc) is 2.53. The molecule has 4 heteroatoms. The Morgan fingerprint density at radius 2 is 1.00 bits per heavy atom. The summed E-state index contributed by atoms with van der Waals surface area (Å²) >= 11 is 13.5. The van der Waals surface area contributed by atoms with Crippen LogP contribution in [0.25, 0.3) is 21.5 Å². The summed E-state index contributed by atoms with van der Waals surface area (Å²) in [5.41, 5.74) is 2.17. The van der Waals surface area contributed by atoms with Crippen LogP contribution in [-0.2, 0) is 0 Å². The monoisotopic (exact) mass is 334 g/mol. The van der Waals surface area contributed by atoms with Gasteiger partial charge in [0.1, 0.15) is 11.5 Å². The molecule has 0 aliphatic heterocycles. The van der Waals surface area contributed by atoms with Crippen LogP contribution in [0.3, 0.4) is 0 Å². The number of methoxy groups -OCH3 is 2.